The van der Waals surface area contributed by atoms with E-state index in [0.29, 0.717) is 5.56 Å². The molecule has 0 aliphatic carbocycles. The highest BCUT2D eigenvalue weighted by Crippen LogP contribution is 2.10. The van der Waals surface area contributed by atoms with Crippen LogP contribution in [0.1, 0.15) is 5.56 Å². The van der Waals surface area contributed by atoms with E-state index in [4.69, 9.17) is 10.2 Å². The van der Waals surface area contributed by atoms with Crippen LogP contribution in [0.5, 0.6) is 5.75 Å². The summed E-state index contributed by atoms with van der Waals surface area (Å²) in [5, 5.41) is 17.3. The minimum atomic E-state index is -0.893. The van der Waals surface area contributed by atoms with Gasteiger partial charge in [-0.25, -0.2) is 0 Å². The molecule has 0 aliphatic rings. The molecule has 4 nitrogen and oxygen atoms in total. The summed E-state index contributed by atoms with van der Waals surface area (Å²) >= 11 is 0. The third-order valence-electron chi connectivity index (χ3n) is 1.27. The van der Waals surface area contributed by atoms with Crippen LogP contribution in [0.15, 0.2) is 24.3 Å². The van der Waals surface area contributed by atoms with Crippen LogP contribution in [-0.2, 0) is 11.2 Å². The Kier molecular flexibility index (Phi) is 3.79. The molecule has 0 atom stereocenters. The molecule has 0 radical (unpaired) electrons. The Labute approximate surface area is 69.4 Å². The average Bonchev–Trinajstić information content (AvgIpc) is 1.85. The van der Waals surface area contributed by atoms with Gasteiger partial charge in [0, 0.05) is 0 Å². The first-order valence-corrected chi connectivity index (χ1v) is 3.18. The number of phenols is 1. The van der Waals surface area contributed by atoms with Crippen LogP contribution in [0.2, 0.25) is 0 Å². The highest BCUT2D eigenvalue weighted by molar-refractivity contribution is 5.70. The fourth-order valence-corrected chi connectivity index (χ4v) is 0.841. The van der Waals surface area contributed by atoms with Crippen molar-refractivity contribution < 1.29 is 20.5 Å². The van der Waals surface area contributed by atoms with Crippen molar-refractivity contribution in [3.05, 3.63) is 29.8 Å². The zero-order chi connectivity index (χ0) is 8.27. The minimum absolute atomic E-state index is 0. The van der Waals surface area contributed by atoms with Gasteiger partial charge in [0.25, 0.3) is 0 Å². The number of phenolic OH excluding ortho intramolecular Hbond substituents is 1. The van der Waals surface area contributed by atoms with Crippen LogP contribution >= 0.6 is 0 Å². The van der Waals surface area contributed by atoms with E-state index in [1.165, 1.54) is 12.1 Å². The average molecular weight is 170 g/mol. The van der Waals surface area contributed by atoms with Crippen molar-refractivity contribution in [1.82, 2.24) is 0 Å². The van der Waals surface area contributed by atoms with Crippen LogP contribution < -0.4 is 0 Å². The van der Waals surface area contributed by atoms with Crippen LogP contribution in [0.3, 0.4) is 0 Å². The second-order valence-corrected chi connectivity index (χ2v) is 2.24. The Balaban J connectivity index is 0.00000121. The molecule has 0 heterocycles. The zero-order valence-corrected chi connectivity index (χ0v) is 6.32. The molecule has 0 amide bonds. The lowest BCUT2D eigenvalue weighted by molar-refractivity contribution is -0.136. The first kappa shape index (κ1) is 10.4. The summed E-state index contributed by atoms with van der Waals surface area (Å²) < 4.78 is 0. The largest absolute Gasteiger partial charge is 0.508 e. The van der Waals surface area contributed by atoms with E-state index in [9.17, 15) is 4.79 Å². The Morgan fingerprint density at radius 3 is 2.58 bits per heavy atom. The second-order valence-electron chi connectivity index (χ2n) is 2.24. The Morgan fingerprint density at radius 1 is 1.42 bits per heavy atom. The summed E-state index contributed by atoms with van der Waals surface area (Å²) in [5.41, 5.74) is 0.609. The molecule has 0 fully saturated rings. The maximum Gasteiger partial charge on any atom is 0.307 e. The van der Waals surface area contributed by atoms with Crippen molar-refractivity contribution in [2.24, 2.45) is 0 Å². The maximum atomic E-state index is 10.2. The van der Waals surface area contributed by atoms with Gasteiger partial charge in [0.1, 0.15) is 5.75 Å². The Morgan fingerprint density at radius 2 is 2.08 bits per heavy atom. The van der Waals surface area contributed by atoms with Crippen LogP contribution in [0.4, 0.5) is 0 Å². The molecule has 0 aromatic heterocycles. The topological polar surface area (TPSA) is 89.0 Å². The third-order valence-corrected chi connectivity index (χ3v) is 1.27. The predicted molar refractivity (Wildman–Crippen MR) is 43.1 cm³/mol. The van der Waals surface area contributed by atoms with Crippen molar-refractivity contribution in [2.45, 2.75) is 6.42 Å². The standard InChI is InChI=1S/C8H8O3.H2O/c9-7-3-1-2-6(4-7)5-8(10)11;/h1-4,9H,5H2,(H,10,11);1H2. The number of carboxylic acids is 1. The molecule has 0 bridgehead atoms. The molecule has 12 heavy (non-hydrogen) atoms. The van der Waals surface area contributed by atoms with Gasteiger partial charge >= 0.3 is 5.97 Å². The van der Waals surface area contributed by atoms with Gasteiger partial charge in [-0.1, -0.05) is 12.1 Å². The minimum Gasteiger partial charge on any atom is -0.508 e. The zero-order valence-electron chi connectivity index (χ0n) is 6.32. The molecule has 0 saturated carbocycles. The lowest BCUT2D eigenvalue weighted by atomic mass is 10.1. The third kappa shape index (κ3) is 3.03. The van der Waals surface area contributed by atoms with Crippen molar-refractivity contribution in [2.75, 3.05) is 0 Å². The number of benzene rings is 1. The van der Waals surface area contributed by atoms with Crippen LogP contribution in [0.25, 0.3) is 0 Å². The van der Waals surface area contributed by atoms with E-state index >= 15 is 0 Å². The number of hydrogen-bond acceptors (Lipinski definition) is 2. The van der Waals surface area contributed by atoms with Gasteiger partial charge < -0.3 is 15.7 Å². The predicted octanol–water partition coefficient (Wildman–Crippen LogP) is 0.195. The SMILES string of the molecule is O.O=C(O)Cc1cccc(O)c1. The Bertz CT molecular complexity index is 270. The summed E-state index contributed by atoms with van der Waals surface area (Å²) in [4.78, 5) is 10.2. The Hall–Kier alpha value is -1.55. The number of carboxylic acid groups (broad SMARTS) is 1. The smallest absolute Gasteiger partial charge is 0.307 e. The lowest BCUT2D eigenvalue weighted by Crippen LogP contribution is -1.99. The molecule has 0 aliphatic heterocycles. The normalized spacial score (nSPS) is 8.67. The van der Waals surface area contributed by atoms with Crippen molar-refractivity contribution >= 4 is 5.97 Å². The van der Waals surface area contributed by atoms with Gasteiger partial charge in [0.15, 0.2) is 0 Å². The maximum absolute atomic E-state index is 10.2. The van der Waals surface area contributed by atoms with Gasteiger partial charge in [-0.3, -0.25) is 4.79 Å². The van der Waals surface area contributed by atoms with Crippen LogP contribution in [-0.4, -0.2) is 21.7 Å². The second kappa shape index (κ2) is 4.35. The molecule has 1 aromatic rings. The quantitative estimate of drug-likeness (QED) is 0.664. The van der Waals surface area contributed by atoms with Gasteiger partial charge in [0.05, 0.1) is 6.42 Å². The summed E-state index contributed by atoms with van der Waals surface area (Å²) in [5.74, 6) is -0.792. The van der Waals surface area contributed by atoms with Gasteiger partial charge in [-0.2, -0.15) is 0 Å². The first-order chi connectivity index (χ1) is 5.18. The van der Waals surface area contributed by atoms with E-state index in [2.05, 4.69) is 0 Å². The van der Waals surface area contributed by atoms with E-state index in [0.717, 1.165) is 0 Å². The van der Waals surface area contributed by atoms with E-state index in [-0.39, 0.29) is 17.6 Å². The monoisotopic (exact) mass is 170 g/mol. The molecule has 4 heteroatoms. The number of aromatic hydroxyl groups is 1. The highest BCUT2D eigenvalue weighted by Gasteiger charge is 1.99. The van der Waals surface area contributed by atoms with Gasteiger partial charge in [-0.15, -0.1) is 0 Å². The summed E-state index contributed by atoms with van der Waals surface area (Å²) in [6, 6.07) is 6.22. The molecule has 4 N–H and O–H groups in total. The molecule has 1 aromatic carbocycles. The van der Waals surface area contributed by atoms with E-state index in [1.807, 2.05) is 0 Å². The van der Waals surface area contributed by atoms with E-state index < -0.39 is 5.97 Å². The summed E-state index contributed by atoms with van der Waals surface area (Å²) in [7, 11) is 0. The van der Waals surface area contributed by atoms with Gasteiger partial charge in [0.2, 0.25) is 0 Å². The molecule has 66 valence electrons. The van der Waals surface area contributed by atoms with Crippen molar-refractivity contribution in [3.8, 4) is 5.75 Å². The fraction of sp³-hybridized carbons (Fsp3) is 0.125. The van der Waals surface area contributed by atoms with E-state index in [1.54, 1.807) is 12.1 Å². The lowest BCUT2D eigenvalue weighted by Gasteiger charge is -1.96. The fourth-order valence-electron chi connectivity index (χ4n) is 0.841. The molecular weight excluding hydrogens is 160 g/mol. The molecule has 1 rings (SSSR count). The number of carbonyl (C=O) groups is 1. The first-order valence-electron chi connectivity index (χ1n) is 3.18. The summed E-state index contributed by atoms with van der Waals surface area (Å²) in [6.45, 7) is 0. The number of aliphatic carboxylic acids is 1. The highest BCUT2D eigenvalue weighted by atomic mass is 16.4. The van der Waals surface area contributed by atoms with Crippen molar-refractivity contribution in [1.29, 1.82) is 0 Å². The molecule has 0 spiro atoms. The number of rotatable bonds is 2. The number of hydrogen-bond donors (Lipinski definition) is 2. The molecular formula is C8H10O4. The molecule has 0 unspecified atom stereocenters. The van der Waals surface area contributed by atoms with Gasteiger partial charge in [-0.05, 0) is 17.7 Å². The van der Waals surface area contributed by atoms with Crippen molar-refractivity contribution in [3.63, 3.8) is 0 Å². The summed E-state index contributed by atoms with van der Waals surface area (Å²) in [6.07, 6.45) is -0.0472. The molecule has 0 saturated heterocycles. The van der Waals surface area contributed by atoms with Crippen LogP contribution in [0, 0.1) is 0 Å².